The minimum absolute atomic E-state index is 0.124. The van der Waals surface area contributed by atoms with E-state index in [-0.39, 0.29) is 5.92 Å². The predicted molar refractivity (Wildman–Crippen MR) is 184 cm³/mol. The molecule has 7 aromatic carbocycles. The number of nitrogens with zero attached hydrogens (tertiary/aromatic N) is 1. The summed E-state index contributed by atoms with van der Waals surface area (Å²) in [5, 5.41) is 2.58. The second-order valence-electron chi connectivity index (χ2n) is 11.7. The Labute approximate surface area is 257 Å². The van der Waals surface area contributed by atoms with Crippen LogP contribution in [0.25, 0.3) is 60.9 Å². The highest BCUT2D eigenvalue weighted by molar-refractivity contribution is 6.15. The quantitative estimate of drug-likeness (QED) is 0.202. The molecule has 0 fully saturated rings. The maximum Gasteiger partial charge on any atom is 0.0622 e. The van der Waals surface area contributed by atoms with Gasteiger partial charge in [-0.2, -0.15) is 0 Å². The van der Waals surface area contributed by atoms with Gasteiger partial charge in [0, 0.05) is 27.9 Å². The van der Waals surface area contributed by atoms with Gasteiger partial charge in [-0.1, -0.05) is 146 Å². The van der Waals surface area contributed by atoms with Crippen LogP contribution in [0, 0.1) is 0 Å². The van der Waals surface area contributed by atoms with E-state index in [1.165, 1.54) is 77.6 Å². The Kier molecular flexibility index (Phi) is 5.64. The highest BCUT2D eigenvalue weighted by atomic mass is 15.0. The van der Waals surface area contributed by atoms with Gasteiger partial charge in [-0.05, 0) is 68.8 Å². The predicted octanol–water partition coefficient (Wildman–Crippen LogP) is 11.3. The molecule has 1 heteroatoms. The van der Waals surface area contributed by atoms with Crippen LogP contribution in [0.5, 0.6) is 0 Å². The fourth-order valence-corrected chi connectivity index (χ4v) is 7.36. The lowest BCUT2D eigenvalue weighted by atomic mass is 9.85. The first-order valence-corrected chi connectivity index (χ1v) is 15.3. The Morgan fingerprint density at radius 2 is 1.00 bits per heavy atom. The van der Waals surface area contributed by atoms with E-state index in [9.17, 15) is 0 Å². The fourth-order valence-electron chi connectivity index (χ4n) is 7.36. The summed E-state index contributed by atoms with van der Waals surface area (Å²) in [7, 11) is 0. The van der Waals surface area contributed by atoms with Crippen LogP contribution in [0.4, 0.5) is 0 Å². The van der Waals surface area contributed by atoms with Gasteiger partial charge in [0.15, 0.2) is 0 Å². The van der Waals surface area contributed by atoms with Gasteiger partial charge in [0.25, 0.3) is 0 Å². The molecule has 0 amide bonds. The molecule has 1 aliphatic rings. The smallest absolute Gasteiger partial charge is 0.0622 e. The molecule has 1 atom stereocenters. The van der Waals surface area contributed by atoms with Crippen LogP contribution in [-0.4, -0.2) is 4.57 Å². The minimum Gasteiger partial charge on any atom is -0.309 e. The van der Waals surface area contributed by atoms with Crippen LogP contribution >= 0.6 is 0 Å². The molecule has 1 aliphatic carbocycles. The Balaban J connectivity index is 1.36. The van der Waals surface area contributed by atoms with E-state index in [0.717, 1.165) is 0 Å². The van der Waals surface area contributed by atoms with Crippen LogP contribution in [0.3, 0.4) is 0 Å². The molecule has 1 aromatic heterocycles. The van der Waals surface area contributed by atoms with Crippen molar-refractivity contribution < 1.29 is 0 Å². The number of fused-ring (bicyclic) bond motifs is 7. The van der Waals surface area contributed by atoms with E-state index in [1.807, 2.05) is 0 Å². The van der Waals surface area contributed by atoms with E-state index >= 15 is 0 Å². The number of hydrogen-bond donors (Lipinski definition) is 0. The number of para-hydroxylation sites is 2. The molecular weight excluding hydrogens is 530 g/mol. The molecule has 1 heterocycles. The molecule has 0 radical (unpaired) electrons. The Morgan fingerprint density at radius 1 is 0.409 bits per heavy atom. The number of hydrogen-bond acceptors (Lipinski definition) is 0. The number of aromatic nitrogens is 1. The van der Waals surface area contributed by atoms with Crippen LogP contribution in [0.15, 0.2) is 170 Å². The van der Waals surface area contributed by atoms with E-state index in [4.69, 9.17) is 0 Å². The number of benzene rings is 7. The lowest BCUT2D eigenvalue weighted by molar-refractivity contribution is 1.02. The molecule has 44 heavy (non-hydrogen) atoms. The molecule has 0 bridgehead atoms. The lowest BCUT2D eigenvalue weighted by Crippen LogP contribution is -2.01. The Hall–Kier alpha value is -5.66. The molecule has 0 unspecified atom stereocenters. The average molecular weight is 560 g/mol. The second-order valence-corrected chi connectivity index (χ2v) is 11.7. The highest BCUT2D eigenvalue weighted by Crippen LogP contribution is 2.53. The molecule has 8 aromatic rings. The standard InChI is InChI=1S/C43H29N/c1-4-14-29(15-5-1)31-26-32(30-16-6-2-7-17-30)28-33(27-31)41-36-21-10-11-22-37(36)42-39(41)25-24-38-35-20-12-13-23-40(35)44(43(38)42)34-18-8-3-9-19-34/h1-28,41H/t41-/m0/s1. The molecule has 0 spiro atoms. The average Bonchev–Trinajstić information content (AvgIpc) is 3.62. The first-order chi connectivity index (χ1) is 21.8. The van der Waals surface area contributed by atoms with Crippen molar-refractivity contribution in [2.24, 2.45) is 0 Å². The van der Waals surface area contributed by atoms with Crippen molar-refractivity contribution in [2.45, 2.75) is 5.92 Å². The zero-order chi connectivity index (χ0) is 29.0. The molecule has 9 rings (SSSR count). The normalized spacial score (nSPS) is 13.7. The minimum atomic E-state index is 0.124. The molecular formula is C43H29N. The van der Waals surface area contributed by atoms with Crippen molar-refractivity contribution >= 4 is 21.8 Å². The van der Waals surface area contributed by atoms with Crippen molar-refractivity contribution in [3.63, 3.8) is 0 Å². The van der Waals surface area contributed by atoms with E-state index in [0.29, 0.717) is 0 Å². The summed E-state index contributed by atoms with van der Waals surface area (Å²) in [6.45, 7) is 0. The van der Waals surface area contributed by atoms with Crippen LogP contribution in [0.2, 0.25) is 0 Å². The van der Waals surface area contributed by atoms with E-state index in [1.54, 1.807) is 0 Å². The van der Waals surface area contributed by atoms with Gasteiger partial charge in [-0.3, -0.25) is 0 Å². The zero-order valence-corrected chi connectivity index (χ0v) is 24.2. The summed E-state index contributed by atoms with van der Waals surface area (Å²) in [5.74, 6) is 0.124. The van der Waals surface area contributed by atoms with Gasteiger partial charge >= 0.3 is 0 Å². The fraction of sp³-hybridized carbons (Fsp3) is 0.0233. The molecule has 0 saturated carbocycles. The van der Waals surface area contributed by atoms with E-state index < -0.39 is 0 Å². The van der Waals surface area contributed by atoms with Crippen molar-refractivity contribution in [3.8, 4) is 39.1 Å². The lowest BCUT2D eigenvalue weighted by Gasteiger charge is -2.18. The number of rotatable bonds is 4. The monoisotopic (exact) mass is 559 g/mol. The van der Waals surface area contributed by atoms with Crippen molar-refractivity contribution in [1.82, 2.24) is 4.57 Å². The Morgan fingerprint density at radius 3 is 1.70 bits per heavy atom. The highest BCUT2D eigenvalue weighted by Gasteiger charge is 2.33. The first kappa shape index (κ1) is 24.9. The third-order valence-corrected chi connectivity index (χ3v) is 9.24. The van der Waals surface area contributed by atoms with Crippen LogP contribution in [0.1, 0.15) is 22.6 Å². The summed E-state index contributed by atoms with van der Waals surface area (Å²) >= 11 is 0. The summed E-state index contributed by atoms with van der Waals surface area (Å²) in [6, 6.07) is 62.1. The van der Waals surface area contributed by atoms with Crippen molar-refractivity contribution in [2.75, 3.05) is 0 Å². The maximum absolute atomic E-state index is 2.47. The Bertz CT molecular complexity index is 2250. The van der Waals surface area contributed by atoms with Crippen LogP contribution < -0.4 is 0 Å². The van der Waals surface area contributed by atoms with Crippen LogP contribution in [-0.2, 0) is 0 Å². The van der Waals surface area contributed by atoms with Crippen molar-refractivity contribution in [1.29, 1.82) is 0 Å². The molecule has 0 aliphatic heterocycles. The zero-order valence-electron chi connectivity index (χ0n) is 24.2. The van der Waals surface area contributed by atoms with E-state index in [2.05, 4.69) is 174 Å². The molecule has 206 valence electrons. The summed E-state index contributed by atoms with van der Waals surface area (Å²) < 4.78 is 2.47. The molecule has 1 nitrogen and oxygen atoms in total. The third kappa shape index (κ3) is 3.80. The van der Waals surface area contributed by atoms with Gasteiger partial charge in [-0.25, -0.2) is 0 Å². The summed E-state index contributed by atoms with van der Waals surface area (Å²) in [4.78, 5) is 0. The third-order valence-electron chi connectivity index (χ3n) is 9.24. The SMILES string of the molecule is c1ccc(-c2cc(-c3ccccc3)cc([C@H]3c4ccccc4-c4c3ccc3c5ccccc5n(-c5ccccc5)c43)c2)cc1. The largest absolute Gasteiger partial charge is 0.309 e. The first-order valence-electron chi connectivity index (χ1n) is 15.3. The summed E-state index contributed by atoms with van der Waals surface area (Å²) in [5.41, 5.74) is 15.4. The van der Waals surface area contributed by atoms with Gasteiger partial charge in [0.1, 0.15) is 0 Å². The van der Waals surface area contributed by atoms with Gasteiger partial charge < -0.3 is 4.57 Å². The maximum atomic E-state index is 2.47. The topological polar surface area (TPSA) is 4.93 Å². The summed E-state index contributed by atoms with van der Waals surface area (Å²) in [6.07, 6.45) is 0. The second kappa shape index (κ2) is 9.97. The molecule has 0 N–H and O–H groups in total. The molecule has 0 saturated heterocycles. The van der Waals surface area contributed by atoms with Gasteiger partial charge in [-0.15, -0.1) is 0 Å². The van der Waals surface area contributed by atoms with Crippen molar-refractivity contribution in [3.05, 3.63) is 187 Å². The van der Waals surface area contributed by atoms with Gasteiger partial charge in [0.2, 0.25) is 0 Å². The van der Waals surface area contributed by atoms with Gasteiger partial charge in [0.05, 0.1) is 11.0 Å².